The molecule has 6 nitrogen and oxygen atoms in total. The number of esters is 1. The van der Waals surface area contributed by atoms with Crippen molar-refractivity contribution in [1.29, 1.82) is 0 Å². The molecule has 2 aromatic carbocycles. The van der Waals surface area contributed by atoms with Gasteiger partial charge in [-0.05, 0) is 52.0 Å². The number of carbonyl (C=O) groups is 2. The van der Waals surface area contributed by atoms with E-state index in [2.05, 4.69) is 9.97 Å². The van der Waals surface area contributed by atoms with Crippen LogP contribution >= 0.6 is 22.7 Å². The predicted octanol–water partition coefficient (Wildman–Crippen LogP) is 6.54. The Balaban J connectivity index is 0.000000201. The zero-order valence-electron chi connectivity index (χ0n) is 20.4. The second-order valence-corrected chi connectivity index (χ2v) is 10.2. The highest BCUT2D eigenvalue weighted by Crippen LogP contribution is 2.30. The predicted molar refractivity (Wildman–Crippen MR) is 141 cm³/mol. The minimum Gasteiger partial charge on any atom is -0.481 e. The SMILES string of the molecule is CCOC(=O)Cc1csc(-c2ccc(F)cc2)n1.Cc1ccc(-c2nc(C(C)(C)C(=O)O)cs2)cc1. The fourth-order valence-electron chi connectivity index (χ4n) is 2.97. The average molecular weight is 527 g/mol. The standard InChI is InChI=1S/C14H15NO2S.C13H12FNO2S/c1-9-4-6-10(7-5-9)12-15-11(8-18-12)14(2,3)13(16)17;1-2-17-12(16)7-11-8-18-13(15-11)9-3-5-10(14)6-4-9/h4-8H,1-3H3,(H,16,17);3-6,8H,2,7H2,1H3. The first-order valence-electron chi connectivity index (χ1n) is 11.2. The van der Waals surface area contributed by atoms with Gasteiger partial charge in [0, 0.05) is 21.9 Å². The van der Waals surface area contributed by atoms with Gasteiger partial charge in [0.05, 0.1) is 24.4 Å². The van der Waals surface area contributed by atoms with E-state index < -0.39 is 11.4 Å². The smallest absolute Gasteiger partial charge is 0.315 e. The number of aromatic nitrogens is 2. The molecule has 36 heavy (non-hydrogen) atoms. The van der Waals surface area contributed by atoms with E-state index >= 15 is 0 Å². The number of ether oxygens (including phenoxy) is 1. The second kappa shape index (κ2) is 12.0. The van der Waals surface area contributed by atoms with Crippen LogP contribution < -0.4 is 0 Å². The van der Waals surface area contributed by atoms with Gasteiger partial charge in [0.15, 0.2) is 0 Å². The van der Waals surface area contributed by atoms with Crippen LogP contribution in [-0.2, 0) is 26.2 Å². The molecule has 0 radical (unpaired) electrons. The van der Waals surface area contributed by atoms with E-state index in [0.717, 1.165) is 21.1 Å². The lowest BCUT2D eigenvalue weighted by Gasteiger charge is -2.15. The fraction of sp³-hybridized carbons (Fsp3) is 0.259. The molecule has 0 saturated carbocycles. The maximum atomic E-state index is 12.8. The molecule has 1 N–H and O–H groups in total. The van der Waals surface area contributed by atoms with Crippen LogP contribution in [0.1, 0.15) is 37.7 Å². The van der Waals surface area contributed by atoms with Crippen LogP contribution in [0.25, 0.3) is 21.1 Å². The molecule has 0 atom stereocenters. The largest absolute Gasteiger partial charge is 0.481 e. The lowest BCUT2D eigenvalue weighted by Crippen LogP contribution is -2.28. The van der Waals surface area contributed by atoms with Crippen LogP contribution in [0.15, 0.2) is 59.3 Å². The topological polar surface area (TPSA) is 89.4 Å². The summed E-state index contributed by atoms with van der Waals surface area (Å²) in [6.07, 6.45) is 0.172. The van der Waals surface area contributed by atoms with Crippen molar-refractivity contribution in [3.8, 4) is 21.1 Å². The van der Waals surface area contributed by atoms with E-state index in [-0.39, 0.29) is 18.2 Å². The molecule has 0 aliphatic heterocycles. The number of hydrogen-bond acceptors (Lipinski definition) is 7. The molecule has 0 spiro atoms. The van der Waals surface area contributed by atoms with Crippen molar-refractivity contribution in [2.45, 2.75) is 39.5 Å². The van der Waals surface area contributed by atoms with Crippen molar-refractivity contribution in [3.63, 3.8) is 0 Å². The van der Waals surface area contributed by atoms with E-state index in [1.807, 2.05) is 41.9 Å². The summed E-state index contributed by atoms with van der Waals surface area (Å²) in [5.41, 5.74) is 3.41. The van der Waals surface area contributed by atoms with Crippen LogP contribution in [0.4, 0.5) is 4.39 Å². The summed E-state index contributed by atoms with van der Waals surface area (Å²) >= 11 is 2.91. The highest BCUT2D eigenvalue weighted by Gasteiger charge is 2.32. The molecule has 0 aliphatic rings. The molecule has 2 aromatic heterocycles. The number of carbonyl (C=O) groups excluding carboxylic acids is 1. The van der Waals surface area contributed by atoms with Crippen molar-refractivity contribution in [2.24, 2.45) is 0 Å². The number of hydrogen-bond donors (Lipinski definition) is 1. The number of thiazole rings is 2. The average Bonchev–Trinajstić information content (AvgIpc) is 3.51. The van der Waals surface area contributed by atoms with Crippen LogP contribution in [0, 0.1) is 12.7 Å². The van der Waals surface area contributed by atoms with E-state index in [9.17, 15) is 19.1 Å². The molecule has 0 fully saturated rings. The van der Waals surface area contributed by atoms with E-state index in [4.69, 9.17) is 4.74 Å². The van der Waals surface area contributed by atoms with Gasteiger partial charge in [0.1, 0.15) is 21.2 Å². The Bertz CT molecular complexity index is 1310. The number of halogens is 1. The third kappa shape index (κ3) is 7.05. The molecule has 0 amide bonds. The lowest BCUT2D eigenvalue weighted by atomic mass is 9.90. The molecule has 4 aromatic rings. The van der Waals surface area contributed by atoms with E-state index in [1.165, 1.54) is 40.4 Å². The monoisotopic (exact) mass is 526 g/mol. The number of aliphatic carboxylic acids is 1. The van der Waals surface area contributed by atoms with Crippen LogP contribution in [0.2, 0.25) is 0 Å². The van der Waals surface area contributed by atoms with Crippen molar-refractivity contribution in [2.75, 3.05) is 6.61 Å². The molecule has 9 heteroatoms. The molecule has 0 saturated heterocycles. The fourth-order valence-corrected chi connectivity index (χ4v) is 4.79. The van der Waals surface area contributed by atoms with Gasteiger partial charge < -0.3 is 9.84 Å². The van der Waals surface area contributed by atoms with Gasteiger partial charge in [-0.1, -0.05) is 29.8 Å². The summed E-state index contributed by atoms with van der Waals surface area (Å²) in [4.78, 5) is 31.2. The van der Waals surface area contributed by atoms with Crippen molar-refractivity contribution in [3.05, 3.63) is 82.1 Å². The number of rotatable bonds is 7. The van der Waals surface area contributed by atoms with Crippen LogP contribution in [0.3, 0.4) is 0 Å². The maximum absolute atomic E-state index is 12.8. The van der Waals surface area contributed by atoms with Gasteiger partial charge >= 0.3 is 11.9 Å². The molecule has 4 rings (SSSR count). The normalized spacial score (nSPS) is 10.9. The Labute approximate surface area is 217 Å². The minimum atomic E-state index is -0.945. The Kier molecular flexibility index (Phi) is 9.06. The van der Waals surface area contributed by atoms with Gasteiger partial charge in [-0.3, -0.25) is 9.59 Å². The minimum absolute atomic E-state index is 0.172. The van der Waals surface area contributed by atoms with Crippen molar-refractivity contribution < 1.29 is 23.8 Å². The molecule has 188 valence electrons. The third-order valence-electron chi connectivity index (χ3n) is 5.25. The summed E-state index contributed by atoms with van der Waals surface area (Å²) in [6.45, 7) is 7.51. The molecule has 0 unspecified atom stereocenters. The highest BCUT2D eigenvalue weighted by molar-refractivity contribution is 7.13. The molecule has 0 bridgehead atoms. The van der Waals surface area contributed by atoms with Crippen molar-refractivity contribution >= 4 is 34.6 Å². The Morgan fingerprint density at radius 2 is 1.50 bits per heavy atom. The summed E-state index contributed by atoms with van der Waals surface area (Å²) in [7, 11) is 0. The first kappa shape index (κ1) is 27.2. The Hall–Kier alpha value is -3.43. The number of carboxylic acid groups (broad SMARTS) is 1. The quantitative estimate of drug-likeness (QED) is 0.275. The van der Waals surface area contributed by atoms with E-state index in [0.29, 0.717) is 18.0 Å². The summed E-state index contributed by atoms with van der Waals surface area (Å²) in [5, 5.41) is 14.4. The zero-order valence-corrected chi connectivity index (χ0v) is 22.1. The third-order valence-corrected chi connectivity index (χ3v) is 7.08. The van der Waals surface area contributed by atoms with Gasteiger partial charge in [-0.2, -0.15) is 0 Å². The summed E-state index contributed by atoms with van der Waals surface area (Å²) < 4.78 is 17.6. The van der Waals surface area contributed by atoms with Crippen molar-refractivity contribution in [1.82, 2.24) is 9.97 Å². The highest BCUT2D eigenvalue weighted by atomic mass is 32.1. The number of benzene rings is 2. The lowest BCUT2D eigenvalue weighted by molar-refractivity contribution is -0.143. The number of nitrogens with zero attached hydrogens (tertiary/aromatic N) is 2. The van der Waals surface area contributed by atoms with E-state index in [1.54, 1.807) is 32.9 Å². The summed E-state index contributed by atoms with van der Waals surface area (Å²) in [6, 6.07) is 14.2. The molecular weight excluding hydrogens is 499 g/mol. The van der Waals surface area contributed by atoms with Crippen LogP contribution in [0.5, 0.6) is 0 Å². The van der Waals surface area contributed by atoms with Gasteiger partial charge in [0.2, 0.25) is 0 Å². The number of aryl methyl sites for hydroxylation is 1. The van der Waals surface area contributed by atoms with Gasteiger partial charge in [0.25, 0.3) is 0 Å². The molecular formula is C27H27FN2O4S2. The summed E-state index contributed by atoms with van der Waals surface area (Å²) in [5.74, 6) is -1.42. The maximum Gasteiger partial charge on any atom is 0.315 e. The Morgan fingerprint density at radius 3 is 2.08 bits per heavy atom. The van der Waals surface area contributed by atoms with Gasteiger partial charge in [-0.25, -0.2) is 14.4 Å². The van der Waals surface area contributed by atoms with Gasteiger partial charge in [-0.15, -0.1) is 22.7 Å². The molecule has 2 heterocycles. The number of carboxylic acids is 1. The first-order chi connectivity index (χ1) is 17.1. The molecule has 0 aliphatic carbocycles. The van der Waals surface area contributed by atoms with Crippen LogP contribution in [-0.4, -0.2) is 33.6 Å². The Morgan fingerprint density at radius 1 is 0.944 bits per heavy atom. The second-order valence-electron chi connectivity index (χ2n) is 8.47. The first-order valence-corrected chi connectivity index (χ1v) is 13.0. The zero-order chi connectivity index (χ0) is 26.3.